The number of hydrogen-bond acceptors (Lipinski definition) is 3. The zero-order valence-corrected chi connectivity index (χ0v) is 8.99. The van der Waals surface area contributed by atoms with Crippen LogP contribution in [0, 0.1) is 0 Å². The van der Waals surface area contributed by atoms with Gasteiger partial charge in [-0.1, -0.05) is 6.07 Å². The van der Waals surface area contributed by atoms with Gasteiger partial charge >= 0.3 is 0 Å². The molecule has 0 spiro atoms. The van der Waals surface area contributed by atoms with Crippen molar-refractivity contribution in [1.29, 1.82) is 0 Å². The molecule has 1 heterocycles. The fraction of sp³-hybridized carbons (Fsp3) is 0.417. The van der Waals surface area contributed by atoms with Gasteiger partial charge in [-0.05, 0) is 37.5 Å². The predicted molar refractivity (Wildman–Crippen MR) is 59.5 cm³/mol. The van der Waals surface area contributed by atoms with Crippen LogP contribution in [0.3, 0.4) is 0 Å². The summed E-state index contributed by atoms with van der Waals surface area (Å²) in [4.78, 5) is 4.12. The van der Waals surface area contributed by atoms with E-state index < -0.39 is 5.60 Å². The van der Waals surface area contributed by atoms with Crippen LogP contribution < -0.4 is 0 Å². The minimum atomic E-state index is -0.916. The van der Waals surface area contributed by atoms with E-state index in [0.29, 0.717) is 0 Å². The Hall–Kier alpha value is -1.35. The van der Waals surface area contributed by atoms with Crippen molar-refractivity contribution in [2.75, 3.05) is 6.54 Å². The first-order chi connectivity index (χ1) is 6.98. The molecule has 3 nitrogen and oxygen atoms in total. The fourth-order valence-electron chi connectivity index (χ4n) is 1.75. The monoisotopic (exact) mass is 205 g/mol. The summed E-state index contributed by atoms with van der Waals surface area (Å²) in [5.74, 6) is 0.202. The Balaban J connectivity index is 2.56. The zero-order valence-electron chi connectivity index (χ0n) is 8.99. The maximum absolute atomic E-state index is 9.87. The number of benzene rings is 1. The molecule has 1 aliphatic rings. The van der Waals surface area contributed by atoms with Gasteiger partial charge in [0.25, 0.3) is 0 Å². The summed E-state index contributed by atoms with van der Waals surface area (Å²) < 4.78 is 0. The number of aliphatic hydroxyl groups is 1. The minimum absolute atomic E-state index is 0.202. The van der Waals surface area contributed by atoms with E-state index in [0.717, 1.165) is 29.7 Å². The van der Waals surface area contributed by atoms with Crippen LogP contribution in [0.2, 0.25) is 0 Å². The van der Waals surface area contributed by atoms with Gasteiger partial charge < -0.3 is 10.2 Å². The van der Waals surface area contributed by atoms with Crippen molar-refractivity contribution in [2.24, 2.45) is 4.99 Å². The van der Waals surface area contributed by atoms with Gasteiger partial charge in [0.1, 0.15) is 5.75 Å². The molecule has 1 aromatic rings. The molecule has 1 aliphatic heterocycles. The van der Waals surface area contributed by atoms with Crippen LogP contribution in [0.4, 0.5) is 0 Å². The van der Waals surface area contributed by atoms with Gasteiger partial charge in [0.15, 0.2) is 0 Å². The largest absolute Gasteiger partial charge is 0.507 e. The summed E-state index contributed by atoms with van der Waals surface area (Å²) in [5.41, 5.74) is 1.67. The predicted octanol–water partition coefficient (Wildman–Crippen LogP) is 1.59. The lowest BCUT2D eigenvalue weighted by molar-refractivity contribution is 0.0782. The van der Waals surface area contributed by atoms with Gasteiger partial charge in [-0.3, -0.25) is 4.99 Å². The van der Waals surface area contributed by atoms with Crippen LogP contribution in [0.25, 0.3) is 0 Å². The number of hydrogen-bond donors (Lipinski definition) is 2. The summed E-state index contributed by atoms with van der Waals surface area (Å²) in [7, 11) is 0. The Morgan fingerprint density at radius 2 is 2.07 bits per heavy atom. The Morgan fingerprint density at radius 1 is 1.33 bits per heavy atom. The summed E-state index contributed by atoms with van der Waals surface area (Å²) in [6, 6.07) is 3.55. The Morgan fingerprint density at radius 3 is 2.73 bits per heavy atom. The van der Waals surface area contributed by atoms with Crippen molar-refractivity contribution in [3.05, 3.63) is 28.8 Å². The highest BCUT2D eigenvalue weighted by Gasteiger charge is 2.20. The van der Waals surface area contributed by atoms with E-state index in [9.17, 15) is 10.2 Å². The number of fused-ring (bicyclic) bond motifs is 1. The first-order valence-electron chi connectivity index (χ1n) is 5.07. The van der Waals surface area contributed by atoms with Crippen molar-refractivity contribution >= 4 is 6.21 Å². The molecular weight excluding hydrogens is 190 g/mol. The smallest absolute Gasteiger partial charge is 0.124 e. The number of phenols is 1. The lowest BCUT2D eigenvalue weighted by Crippen LogP contribution is -2.17. The average molecular weight is 205 g/mol. The van der Waals surface area contributed by atoms with E-state index in [4.69, 9.17) is 0 Å². The maximum Gasteiger partial charge on any atom is 0.124 e. The molecule has 0 atom stereocenters. The molecule has 0 radical (unpaired) electrons. The second-order valence-electron chi connectivity index (χ2n) is 4.41. The molecule has 1 aromatic carbocycles. The van der Waals surface area contributed by atoms with Gasteiger partial charge in [-0.2, -0.15) is 0 Å². The Kier molecular flexibility index (Phi) is 2.27. The topological polar surface area (TPSA) is 52.8 Å². The van der Waals surface area contributed by atoms with Crippen LogP contribution in [0.1, 0.15) is 30.5 Å². The van der Waals surface area contributed by atoms with Gasteiger partial charge in [0.2, 0.25) is 0 Å². The molecule has 0 saturated heterocycles. The third-order valence-electron chi connectivity index (χ3n) is 2.68. The number of aromatic hydroxyl groups is 1. The molecule has 0 fully saturated rings. The normalized spacial score (nSPS) is 15.1. The van der Waals surface area contributed by atoms with Crippen molar-refractivity contribution in [2.45, 2.75) is 25.9 Å². The van der Waals surface area contributed by atoms with E-state index >= 15 is 0 Å². The second kappa shape index (κ2) is 3.35. The number of phenolic OH excluding ortho intramolecular Hbond substituents is 1. The summed E-state index contributed by atoms with van der Waals surface area (Å²) in [6.45, 7) is 4.18. The zero-order chi connectivity index (χ0) is 11.1. The number of rotatable bonds is 1. The Labute approximate surface area is 89.1 Å². The average Bonchev–Trinajstić information content (AvgIpc) is 2.16. The molecular formula is C12H15NO2. The summed E-state index contributed by atoms with van der Waals surface area (Å²) in [5, 5.41) is 19.7. The molecule has 2 N–H and O–H groups in total. The standard InChI is InChI=1S/C12H15NO2/c1-12(2,15)9-5-8-3-4-13-7-10(8)11(14)6-9/h5-7,14-15H,3-4H2,1-2H3. The maximum atomic E-state index is 9.87. The molecule has 0 bridgehead atoms. The lowest BCUT2D eigenvalue weighted by Gasteiger charge is -2.21. The van der Waals surface area contributed by atoms with Crippen molar-refractivity contribution < 1.29 is 10.2 Å². The van der Waals surface area contributed by atoms with E-state index in [-0.39, 0.29) is 5.75 Å². The fourth-order valence-corrected chi connectivity index (χ4v) is 1.75. The van der Waals surface area contributed by atoms with Crippen molar-refractivity contribution in [3.8, 4) is 5.75 Å². The molecule has 0 amide bonds. The highest BCUT2D eigenvalue weighted by Crippen LogP contribution is 2.30. The van der Waals surface area contributed by atoms with Crippen LogP contribution in [0.15, 0.2) is 17.1 Å². The molecule has 3 heteroatoms. The van der Waals surface area contributed by atoms with Crippen molar-refractivity contribution in [3.63, 3.8) is 0 Å². The number of nitrogens with zero attached hydrogens (tertiary/aromatic N) is 1. The van der Waals surface area contributed by atoms with Crippen LogP contribution in [0.5, 0.6) is 5.75 Å². The molecule has 15 heavy (non-hydrogen) atoms. The second-order valence-corrected chi connectivity index (χ2v) is 4.41. The molecule has 0 aliphatic carbocycles. The SMILES string of the molecule is CC(C)(O)c1cc(O)c2c(c1)CCN=C2. The minimum Gasteiger partial charge on any atom is -0.507 e. The molecule has 0 aromatic heterocycles. The van der Waals surface area contributed by atoms with Crippen LogP contribution in [-0.2, 0) is 12.0 Å². The highest BCUT2D eigenvalue weighted by atomic mass is 16.3. The molecule has 0 unspecified atom stereocenters. The van der Waals surface area contributed by atoms with Gasteiger partial charge in [-0.15, -0.1) is 0 Å². The van der Waals surface area contributed by atoms with Crippen molar-refractivity contribution in [1.82, 2.24) is 0 Å². The summed E-state index contributed by atoms with van der Waals surface area (Å²) >= 11 is 0. The first-order valence-corrected chi connectivity index (χ1v) is 5.07. The van der Waals surface area contributed by atoms with Gasteiger partial charge in [0.05, 0.1) is 5.60 Å². The third kappa shape index (κ3) is 1.88. The van der Waals surface area contributed by atoms with E-state index in [1.54, 1.807) is 26.1 Å². The molecule has 2 rings (SSSR count). The number of aliphatic imine (C=N–C) groups is 1. The molecule has 80 valence electrons. The van der Waals surface area contributed by atoms with E-state index in [1.165, 1.54) is 0 Å². The Bertz CT molecular complexity index is 416. The van der Waals surface area contributed by atoms with Crippen LogP contribution >= 0.6 is 0 Å². The third-order valence-corrected chi connectivity index (χ3v) is 2.68. The van der Waals surface area contributed by atoms with E-state index in [1.807, 2.05) is 6.07 Å². The van der Waals surface area contributed by atoms with Crippen LogP contribution in [-0.4, -0.2) is 23.0 Å². The van der Waals surface area contributed by atoms with Gasteiger partial charge in [-0.25, -0.2) is 0 Å². The molecule has 0 saturated carbocycles. The highest BCUT2D eigenvalue weighted by molar-refractivity contribution is 5.86. The van der Waals surface area contributed by atoms with Gasteiger partial charge in [0, 0.05) is 18.3 Å². The quantitative estimate of drug-likeness (QED) is 0.731. The lowest BCUT2D eigenvalue weighted by atomic mass is 9.91. The summed E-state index contributed by atoms with van der Waals surface area (Å²) in [6.07, 6.45) is 2.52. The first kappa shape index (κ1) is 10.2. The van der Waals surface area contributed by atoms with E-state index in [2.05, 4.69) is 4.99 Å².